The van der Waals surface area contributed by atoms with Gasteiger partial charge in [-0.2, -0.15) is 0 Å². The number of aliphatic hydroxyl groups is 1. The number of nitrogens with two attached hydrogens (primary N) is 1. The van der Waals surface area contributed by atoms with E-state index in [4.69, 9.17) is 10.5 Å². The molecule has 0 amide bonds. The molecule has 0 aromatic heterocycles. The number of carbonyl (C=O) groups excluding carboxylic acids is 1. The molecule has 94 valence electrons. The monoisotopic (exact) mass is 229 g/mol. The van der Waals surface area contributed by atoms with Crippen molar-refractivity contribution in [2.45, 2.75) is 57.7 Å². The molecule has 1 rings (SSSR count). The molecule has 0 aliphatic heterocycles. The molecule has 0 spiro atoms. The van der Waals surface area contributed by atoms with Gasteiger partial charge in [-0.15, -0.1) is 0 Å². The van der Waals surface area contributed by atoms with Crippen LogP contribution in [0.3, 0.4) is 0 Å². The maximum absolute atomic E-state index is 11.6. The van der Waals surface area contributed by atoms with Crippen LogP contribution in [0.25, 0.3) is 0 Å². The second kappa shape index (κ2) is 5.64. The van der Waals surface area contributed by atoms with E-state index in [1.54, 1.807) is 0 Å². The first-order valence-electron chi connectivity index (χ1n) is 6.13. The van der Waals surface area contributed by atoms with Gasteiger partial charge in [0.2, 0.25) is 0 Å². The molecular formula is C12H23NO3. The molecule has 4 nitrogen and oxygen atoms in total. The molecule has 0 saturated heterocycles. The Hall–Kier alpha value is -0.610. The summed E-state index contributed by atoms with van der Waals surface area (Å²) in [5.41, 5.74) is 3.77. The Bertz CT molecular complexity index is 240. The fourth-order valence-corrected chi connectivity index (χ4v) is 2.08. The van der Waals surface area contributed by atoms with Crippen molar-refractivity contribution >= 4 is 5.97 Å². The minimum atomic E-state index is -1.54. The molecule has 3 unspecified atom stereocenters. The van der Waals surface area contributed by atoms with E-state index < -0.39 is 11.6 Å². The number of hydrogen-bond donors (Lipinski definition) is 2. The minimum absolute atomic E-state index is 0.0378. The van der Waals surface area contributed by atoms with Gasteiger partial charge in [-0.05, 0) is 32.1 Å². The Balaban J connectivity index is 2.45. The van der Waals surface area contributed by atoms with E-state index in [9.17, 15) is 9.90 Å². The van der Waals surface area contributed by atoms with E-state index in [0.717, 1.165) is 25.7 Å². The third-order valence-electron chi connectivity index (χ3n) is 3.42. The number of rotatable bonds is 4. The molecular weight excluding hydrogens is 206 g/mol. The number of hydrogen-bond acceptors (Lipinski definition) is 4. The highest BCUT2D eigenvalue weighted by molar-refractivity contribution is 5.79. The summed E-state index contributed by atoms with van der Waals surface area (Å²) in [6.07, 6.45) is 5.23. The third-order valence-corrected chi connectivity index (χ3v) is 3.42. The van der Waals surface area contributed by atoms with Crippen molar-refractivity contribution < 1.29 is 14.6 Å². The maximum atomic E-state index is 11.6. The maximum Gasteiger partial charge on any atom is 0.339 e. The second-order valence-corrected chi connectivity index (χ2v) is 4.95. The normalized spacial score (nSPS) is 29.5. The van der Waals surface area contributed by atoms with Crippen LogP contribution in [0, 0.1) is 5.92 Å². The van der Waals surface area contributed by atoms with Crippen LogP contribution in [0.5, 0.6) is 0 Å². The Morgan fingerprint density at radius 3 is 2.81 bits per heavy atom. The average molecular weight is 229 g/mol. The first kappa shape index (κ1) is 13.5. The summed E-state index contributed by atoms with van der Waals surface area (Å²) >= 11 is 0. The van der Waals surface area contributed by atoms with Crippen LogP contribution in [-0.4, -0.2) is 29.3 Å². The van der Waals surface area contributed by atoms with Crippen molar-refractivity contribution in [3.05, 3.63) is 0 Å². The largest absolute Gasteiger partial charge is 0.460 e. The van der Waals surface area contributed by atoms with E-state index in [0.29, 0.717) is 5.92 Å². The summed E-state index contributed by atoms with van der Waals surface area (Å²) in [5.74, 6) is 0.0612. The average Bonchev–Trinajstić information content (AvgIpc) is 2.29. The van der Waals surface area contributed by atoms with Crippen LogP contribution in [-0.2, 0) is 9.53 Å². The van der Waals surface area contributed by atoms with Crippen molar-refractivity contribution in [1.29, 1.82) is 0 Å². The van der Waals surface area contributed by atoms with Crippen LogP contribution >= 0.6 is 0 Å². The highest BCUT2D eigenvalue weighted by Crippen LogP contribution is 2.29. The number of carbonyl (C=O) groups is 1. The molecule has 1 saturated carbocycles. The summed E-state index contributed by atoms with van der Waals surface area (Å²) < 4.78 is 5.31. The first-order valence-corrected chi connectivity index (χ1v) is 6.13. The highest BCUT2D eigenvalue weighted by atomic mass is 16.6. The molecule has 1 aliphatic rings. The summed E-state index contributed by atoms with van der Waals surface area (Å²) in [7, 11) is 0. The van der Waals surface area contributed by atoms with Gasteiger partial charge < -0.3 is 15.6 Å². The molecule has 0 bridgehead atoms. The van der Waals surface area contributed by atoms with E-state index in [-0.39, 0.29) is 12.6 Å². The number of esters is 1. The van der Waals surface area contributed by atoms with E-state index in [1.165, 1.54) is 13.3 Å². The van der Waals surface area contributed by atoms with Crippen molar-refractivity contribution in [3.63, 3.8) is 0 Å². The molecule has 3 N–H and O–H groups in total. The first-order chi connectivity index (χ1) is 7.49. The molecule has 0 heterocycles. The molecule has 4 heteroatoms. The smallest absolute Gasteiger partial charge is 0.339 e. The molecule has 1 fully saturated rings. The summed E-state index contributed by atoms with van der Waals surface area (Å²) in [4.78, 5) is 11.6. The van der Waals surface area contributed by atoms with Gasteiger partial charge in [0, 0.05) is 6.54 Å². The van der Waals surface area contributed by atoms with Crippen molar-refractivity contribution in [1.82, 2.24) is 0 Å². The lowest BCUT2D eigenvalue weighted by Gasteiger charge is -2.30. The molecule has 16 heavy (non-hydrogen) atoms. The zero-order chi connectivity index (χ0) is 12.2. The fraction of sp³-hybridized carbons (Fsp3) is 0.917. The van der Waals surface area contributed by atoms with Crippen LogP contribution in [0.2, 0.25) is 0 Å². The zero-order valence-corrected chi connectivity index (χ0v) is 10.2. The van der Waals surface area contributed by atoms with E-state index >= 15 is 0 Å². The lowest BCUT2D eigenvalue weighted by atomic mass is 9.85. The zero-order valence-electron chi connectivity index (χ0n) is 10.2. The van der Waals surface area contributed by atoms with E-state index in [1.807, 2.05) is 0 Å². The third kappa shape index (κ3) is 3.46. The van der Waals surface area contributed by atoms with Gasteiger partial charge in [0.25, 0.3) is 0 Å². The van der Waals surface area contributed by atoms with Gasteiger partial charge in [0.05, 0.1) is 0 Å². The van der Waals surface area contributed by atoms with Gasteiger partial charge in [-0.1, -0.05) is 19.8 Å². The highest BCUT2D eigenvalue weighted by Gasteiger charge is 2.33. The van der Waals surface area contributed by atoms with Crippen molar-refractivity contribution in [2.24, 2.45) is 11.7 Å². The summed E-state index contributed by atoms with van der Waals surface area (Å²) in [6, 6.07) is 0. The topological polar surface area (TPSA) is 72.5 Å². The van der Waals surface area contributed by atoms with Gasteiger partial charge in [-0.3, -0.25) is 0 Å². The molecule has 0 aromatic rings. The van der Waals surface area contributed by atoms with Gasteiger partial charge in [0.15, 0.2) is 5.60 Å². The van der Waals surface area contributed by atoms with Gasteiger partial charge in [-0.25, -0.2) is 4.79 Å². The van der Waals surface area contributed by atoms with Crippen molar-refractivity contribution in [3.8, 4) is 0 Å². The van der Waals surface area contributed by atoms with Gasteiger partial charge in [0.1, 0.15) is 6.10 Å². The standard InChI is InChI=1S/C12H23NO3/c1-3-9-5-4-6-10(7-9)16-11(14)12(2,15)8-13/h9-10,15H,3-8,13H2,1-2H3. The molecule has 0 radical (unpaired) electrons. The van der Waals surface area contributed by atoms with E-state index in [2.05, 4.69) is 6.92 Å². The second-order valence-electron chi connectivity index (χ2n) is 4.95. The molecule has 3 atom stereocenters. The van der Waals surface area contributed by atoms with Crippen molar-refractivity contribution in [2.75, 3.05) is 6.54 Å². The summed E-state index contributed by atoms with van der Waals surface area (Å²) in [5, 5.41) is 9.65. The summed E-state index contributed by atoms with van der Waals surface area (Å²) in [6.45, 7) is 3.45. The number of ether oxygens (including phenoxy) is 1. The minimum Gasteiger partial charge on any atom is -0.460 e. The predicted octanol–water partition coefficient (Wildman–Crippen LogP) is 1.21. The fourth-order valence-electron chi connectivity index (χ4n) is 2.08. The van der Waals surface area contributed by atoms with Crippen LogP contribution in [0.4, 0.5) is 0 Å². The lowest BCUT2D eigenvalue weighted by Crippen LogP contribution is -2.45. The molecule has 1 aliphatic carbocycles. The Labute approximate surface area is 97.2 Å². The van der Waals surface area contributed by atoms with Crippen LogP contribution < -0.4 is 5.73 Å². The van der Waals surface area contributed by atoms with Crippen LogP contribution in [0.1, 0.15) is 46.0 Å². The Morgan fingerprint density at radius 1 is 1.56 bits per heavy atom. The Kier molecular flexibility index (Phi) is 4.74. The molecule has 0 aromatic carbocycles. The quantitative estimate of drug-likeness (QED) is 0.711. The predicted molar refractivity (Wildman–Crippen MR) is 61.8 cm³/mol. The lowest BCUT2D eigenvalue weighted by molar-refractivity contribution is -0.170. The Morgan fingerprint density at radius 2 is 2.25 bits per heavy atom. The van der Waals surface area contributed by atoms with Crippen LogP contribution in [0.15, 0.2) is 0 Å². The SMILES string of the molecule is CCC1CCCC(OC(=O)C(C)(O)CN)C1. The van der Waals surface area contributed by atoms with Gasteiger partial charge >= 0.3 is 5.97 Å².